The molecular weight excluding hydrogens is 378 g/mol. The molecule has 1 amide bonds. The van der Waals surface area contributed by atoms with Gasteiger partial charge in [0, 0.05) is 30.6 Å². The van der Waals surface area contributed by atoms with Gasteiger partial charge in [-0.3, -0.25) is 15.0 Å². The van der Waals surface area contributed by atoms with Crippen LogP contribution in [0.4, 0.5) is 5.13 Å². The van der Waals surface area contributed by atoms with Crippen LogP contribution in [0.3, 0.4) is 0 Å². The van der Waals surface area contributed by atoms with E-state index in [0.29, 0.717) is 28.8 Å². The summed E-state index contributed by atoms with van der Waals surface area (Å²) in [6.45, 7) is 9.12. The van der Waals surface area contributed by atoms with Gasteiger partial charge < -0.3 is 14.2 Å². The summed E-state index contributed by atoms with van der Waals surface area (Å²) in [5.41, 5.74) is 1.44. The maximum atomic E-state index is 12.6. The molecule has 1 aromatic heterocycles. The van der Waals surface area contributed by atoms with Crippen molar-refractivity contribution in [2.24, 2.45) is 0 Å². The Kier molecular flexibility index (Phi) is 6.88. The third-order valence-electron chi connectivity index (χ3n) is 4.38. The minimum Gasteiger partial charge on any atom is -0.493 e. The van der Waals surface area contributed by atoms with Crippen molar-refractivity contribution in [2.45, 2.75) is 39.5 Å². The van der Waals surface area contributed by atoms with Gasteiger partial charge in [-0.1, -0.05) is 0 Å². The molecule has 2 unspecified atom stereocenters. The van der Waals surface area contributed by atoms with Crippen LogP contribution in [0.5, 0.6) is 11.5 Å². The molecule has 1 saturated heterocycles. The highest BCUT2D eigenvalue weighted by Crippen LogP contribution is 2.28. The Bertz CT molecular complexity index is 800. The van der Waals surface area contributed by atoms with Crippen molar-refractivity contribution in [3.63, 3.8) is 0 Å². The second-order valence-electron chi connectivity index (χ2n) is 6.85. The molecule has 0 radical (unpaired) electrons. The van der Waals surface area contributed by atoms with Crippen molar-refractivity contribution in [3.8, 4) is 11.5 Å². The van der Waals surface area contributed by atoms with Crippen molar-refractivity contribution < 1.29 is 19.0 Å². The maximum absolute atomic E-state index is 12.6. The van der Waals surface area contributed by atoms with Gasteiger partial charge in [0.25, 0.3) is 5.91 Å². The zero-order chi connectivity index (χ0) is 20.1. The number of aromatic nitrogens is 1. The smallest absolute Gasteiger partial charge is 0.257 e. The summed E-state index contributed by atoms with van der Waals surface area (Å²) in [6.07, 6.45) is 0.437. The minimum absolute atomic E-state index is 0.219. The van der Waals surface area contributed by atoms with E-state index >= 15 is 0 Å². The molecule has 0 saturated carbocycles. The molecule has 1 aliphatic heterocycles. The largest absolute Gasteiger partial charge is 0.493 e. The number of benzene rings is 1. The lowest BCUT2D eigenvalue weighted by atomic mass is 10.2. The number of carbonyl (C=O) groups excluding carboxylic acids is 1. The molecule has 1 N–H and O–H groups in total. The Hall–Kier alpha value is -2.16. The second kappa shape index (κ2) is 9.36. The van der Waals surface area contributed by atoms with E-state index in [1.165, 1.54) is 11.3 Å². The predicted octanol–water partition coefficient (Wildman–Crippen LogP) is 3.41. The Morgan fingerprint density at radius 1 is 1.32 bits per heavy atom. The first-order valence-corrected chi connectivity index (χ1v) is 10.3. The summed E-state index contributed by atoms with van der Waals surface area (Å²) in [6, 6.07) is 5.13. The number of nitrogens with zero attached hydrogens (tertiary/aromatic N) is 2. The number of thiazole rings is 1. The number of hydrogen-bond donors (Lipinski definition) is 1. The Morgan fingerprint density at radius 3 is 2.75 bits per heavy atom. The summed E-state index contributed by atoms with van der Waals surface area (Å²) in [5.74, 6) is 0.924. The summed E-state index contributed by atoms with van der Waals surface area (Å²) >= 11 is 1.43. The highest BCUT2D eigenvalue weighted by Gasteiger charge is 2.23. The van der Waals surface area contributed by atoms with Gasteiger partial charge in [0.2, 0.25) is 0 Å². The average molecular weight is 406 g/mol. The minimum atomic E-state index is -0.226. The molecular formula is C20H27N3O4S. The van der Waals surface area contributed by atoms with Gasteiger partial charge in [-0.15, -0.1) is 11.3 Å². The van der Waals surface area contributed by atoms with Gasteiger partial charge in [0.15, 0.2) is 16.6 Å². The summed E-state index contributed by atoms with van der Waals surface area (Å²) in [4.78, 5) is 19.5. The lowest BCUT2D eigenvalue weighted by Crippen LogP contribution is -2.44. The lowest BCUT2D eigenvalue weighted by molar-refractivity contribution is -0.0707. The molecule has 152 valence electrons. The normalized spacial score (nSPS) is 20.0. The highest BCUT2D eigenvalue weighted by atomic mass is 32.1. The molecule has 1 aromatic carbocycles. The third-order valence-corrected chi connectivity index (χ3v) is 5.19. The highest BCUT2D eigenvalue weighted by molar-refractivity contribution is 7.13. The molecule has 2 aromatic rings. The number of methoxy groups -OCH3 is 1. The molecule has 3 rings (SSSR count). The zero-order valence-electron chi connectivity index (χ0n) is 16.7. The number of anilines is 1. The number of rotatable bonds is 7. The second-order valence-corrected chi connectivity index (χ2v) is 7.71. The van der Waals surface area contributed by atoms with Crippen LogP contribution in [0.25, 0.3) is 0 Å². The van der Waals surface area contributed by atoms with Gasteiger partial charge in [0.1, 0.15) is 0 Å². The number of nitrogens with one attached hydrogen (secondary N) is 1. The van der Waals surface area contributed by atoms with Crippen LogP contribution in [0.15, 0.2) is 23.6 Å². The summed E-state index contributed by atoms with van der Waals surface area (Å²) in [5, 5.41) is 5.44. The van der Waals surface area contributed by atoms with Gasteiger partial charge in [-0.05, 0) is 39.0 Å². The SMILES string of the molecule is CCOc1ccc(C(=O)Nc2nc(CN3CC(C)OC(C)C3)cs2)cc1OC. The van der Waals surface area contributed by atoms with Crippen LogP contribution in [0, 0.1) is 0 Å². The number of carbonyl (C=O) groups is 1. The monoisotopic (exact) mass is 405 g/mol. The Morgan fingerprint density at radius 2 is 2.07 bits per heavy atom. The van der Waals surface area contributed by atoms with Gasteiger partial charge in [-0.2, -0.15) is 0 Å². The van der Waals surface area contributed by atoms with Crippen LogP contribution in [-0.4, -0.2) is 54.8 Å². The van der Waals surface area contributed by atoms with E-state index in [9.17, 15) is 4.79 Å². The Balaban J connectivity index is 1.62. The molecule has 0 bridgehead atoms. The van der Waals surface area contributed by atoms with Crippen LogP contribution in [0.2, 0.25) is 0 Å². The van der Waals surface area contributed by atoms with Crippen LogP contribution >= 0.6 is 11.3 Å². The molecule has 1 fully saturated rings. The average Bonchev–Trinajstić information content (AvgIpc) is 3.08. The van der Waals surface area contributed by atoms with E-state index in [0.717, 1.165) is 25.3 Å². The molecule has 2 heterocycles. The van der Waals surface area contributed by atoms with Gasteiger partial charge in [-0.25, -0.2) is 4.98 Å². The standard InChI is InChI=1S/C20H27N3O4S/c1-5-26-17-7-6-15(8-18(17)25-4)19(24)22-20-21-16(12-28-20)11-23-9-13(2)27-14(3)10-23/h6-8,12-14H,5,9-11H2,1-4H3,(H,21,22,24). The van der Waals surface area contributed by atoms with E-state index in [2.05, 4.69) is 29.0 Å². The first-order valence-electron chi connectivity index (χ1n) is 9.42. The fraction of sp³-hybridized carbons (Fsp3) is 0.500. The van der Waals surface area contributed by atoms with E-state index in [-0.39, 0.29) is 18.1 Å². The third kappa shape index (κ3) is 5.21. The molecule has 0 aliphatic carbocycles. The fourth-order valence-electron chi connectivity index (χ4n) is 3.33. The van der Waals surface area contributed by atoms with Crippen LogP contribution in [0.1, 0.15) is 36.8 Å². The Labute approximate surface area is 169 Å². The predicted molar refractivity (Wildman–Crippen MR) is 110 cm³/mol. The number of hydrogen-bond acceptors (Lipinski definition) is 7. The first-order chi connectivity index (χ1) is 13.5. The molecule has 28 heavy (non-hydrogen) atoms. The van der Waals surface area contributed by atoms with Crippen molar-refractivity contribution in [1.29, 1.82) is 0 Å². The first kappa shape index (κ1) is 20.6. The quantitative estimate of drug-likeness (QED) is 0.761. The van der Waals surface area contributed by atoms with E-state index in [1.807, 2.05) is 12.3 Å². The summed E-state index contributed by atoms with van der Waals surface area (Å²) < 4.78 is 16.6. The zero-order valence-corrected chi connectivity index (χ0v) is 17.5. The van der Waals surface area contributed by atoms with Crippen LogP contribution < -0.4 is 14.8 Å². The lowest BCUT2D eigenvalue weighted by Gasteiger charge is -2.34. The maximum Gasteiger partial charge on any atom is 0.257 e. The van der Waals surface area contributed by atoms with Gasteiger partial charge in [0.05, 0.1) is 31.6 Å². The topological polar surface area (TPSA) is 72.9 Å². The number of ether oxygens (including phenoxy) is 3. The van der Waals surface area contributed by atoms with E-state index in [4.69, 9.17) is 14.2 Å². The van der Waals surface area contributed by atoms with Gasteiger partial charge >= 0.3 is 0 Å². The number of morpholine rings is 1. The molecule has 8 heteroatoms. The molecule has 2 atom stereocenters. The molecule has 1 aliphatic rings. The van der Waals surface area contributed by atoms with E-state index in [1.54, 1.807) is 25.3 Å². The summed E-state index contributed by atoms with van der Waals surface area (Å²) in [7, 11) is 1.56. The van der Waals surface area contributed by atoms with Crippen LogP contribution in [-0.2, 0) is 11.3 Å². The van der Waals surface area contributed by atoms with Crippen molar-refractivity contribution >= 4 is 22.4 Å². The molecule has 0 spiro atoms. The van der Waals surface area contributed by atoms with Crippen molar-refractivity contribution in [3.05, 3.63) is 34.8 Å². The van der Waals surface area contributed by atoms with E-state index < -0.39 is 0 Å². The van der Waals surface area contributed by atoms with Crippen molar-refractivity contribution in [2.75, 3.05) is 32.1 Å². The number of amides is 1. The molecule has 7 nitrogen and oxygen atoms in total. The van der Waals surface area contributed by atoms with Crippen molar-refractivity contribution in [1.82, 2.24) is 9.88 Å². The fourth-order valence-corrected chi connectivity index (χ4v) is 4.03.